The van der Waals surface area contributed by atoms with Crippen LogP contribution in [0.2, 0.25) is 0 Å². The maximum absolute atomic E-state index is 5.51. The zero-order valence-corrected chi connectivity index (χ0v) is 15.3. The summed E-state index contributed by atoms with van der Waals surface area (Å²) in [7, 11) is 4.93. The van der Waals surface area contributed by atoms with Crippen molar-refractivity contribution in [1.29, 1.82) is 0 Å². The summed E-state index contributed by atoms with van der Waals surface area (Å²) in [6.45, 7) is 0. The molecule has 0 saturated heterocycles. The van der Waals surface area contributed by atoms with Gasteiger partial charge in [-0.1, -0.05) is 12.1 Å². The zero-order valence-electron chi connectivity index (χ0n) is 15.3. The second-order valence-electron chi connectivity index (χ2n) is 5.96. The molecule has 0 N–H and O–H groups in total. The summed E-state index contributed by atoms with van der Waals surface area (Å²) in [5, 5.41) is 8.65. The van der Waals surface area contributed by atoms with Crippen LogP contribution in [0.5, 0.6) is 17.2 Å². The summed E-state index contributed by atoms with van der Waals surface area (Å²) in [4.78, 5) is 0. The number of nitrogens with zero attached hydrogens (tertiary/aromatic N) is 3. The van der Waals surface area contributed by atoms with E-state index in [2.05, 4.69) is 10.2 Å². The van der Waals surface area contributed by atoms with Crippen LogP contribution in [-0.2, 0) is 0 Å². The number of ether oxygens (including phenoxy) is 3. The topological polar surface area (TPSA) is 57.9 Å². The van der Waals surface area contributed by atoms with E-state index in [9.17, 15) is 0 Å². The van der Waals surface area contributed by atoms with E-state index in [4.69, 9.17) is 14.2 Å². The number of aromatic nitrogens is 3. The molecular formula is C21H19N3O3. The van der Waals surface area contributed by atoms with E-state index in [1.54, 1.807) is 21.3 Å². The van der Waals surface area contributed by atoms with Gasteiger partial charge >= 0.3 is 0 Å². The van der Waals surface area contributed by atoms with Gasteiger partial charge in [0.2, 0.25) is 0 Å². The second kappa shape index (κ2) is 6.99. The monoisotopic (exact) mass is 361 g/mol. The van der Waals surface area contributed by atoms with Gasteiger partial charge in [0, 0.05) is 6.20 Å². The van der Waals surface area contributed by atoms with Gasteiger partial charge in [-0.25, -0.2) is 0 Å². The van der Waals surface area contributed by atoms with E-state index in [0.717, 1.165) is 33.8 Å². The summed E-state index contributed by atoms with van der Waals surface area (Å²) in [5.41, 5.74) is 3.70. The third-order valence-electron chi connectivity index (χ3n) is 4.47. The highest BCUT2D eigenvalue weighted by atomic mass is 16.5. The lowest BCUT2D eigenvalue weighted by molar-refractivity contribution is 0.404. The Bertz CT molecular complexity index is 1090. The van der Waals surface area contributed by atoms with Crippen LogP contribution in [0.3, 0.4) is 0 Å². The smallest absolute Gasteiger partial charge is 0.172 e. The maximum Gasteiger partial charge on any atom is 0.172 e. The van der Waals surface area contributed by atoms with Crippen molar-refractivity contribution in [3.05, 3.63) is 60.8 Å². The third kappa shape index (κ3) is 3.06. The largest absolute Gasteiger partial charge is 0.497 e. The average molecular weight is 361 g/mol. The molecule has 0 bridgehead atoms. The van der Waals surface area contributed by atoms with Gasteiger partial charge in [-0.2, -0.15) is 0 Å². The molecule has 0 radical (unpaired) electrons. The van der Waals surface area contributed by atoms with E-state index in [1.807, 2.05) is 65.2 Å². The van der Waals surface area contributed by atoms with Gasteiger partial charge in [0.15, 0.2) is 11.5 Å². The fraction of sp³-hybridized carbons (Fsp3) is 0.143. The minimum absolute atomic E-state index is 0.691. The van der Waals surface area contributed by atoms with Crippen molar-refractivity contribution in [3.63, 3.8) is 0 Å². The number of hydrogen-bond donors (Lipinski definition) is 0. The van der Waals surface area contributed by atoms with E-state index in [-0.39, 0.29) is 0 Å². The first-order chi connectivity index (χ1) is 13.2. The first-order valence-corrected chi connectivity index (χ1v) is 8.45. The van der Waals surface area contributed by atoms with Crippen molar-refractivity contribution in [2.75, 3.05) is 21.3 Å². The van der Waals surface area contributed by atoms with Gasteiger partial charge in [0.05, 0.1) is 26.9 Å². The molecule has 2 aromatic heterocycles. The Kier molecular flexibility index (Phi) is 4.38. The van der Waals surface area contributed by atoms with Crippen molar-refractivity contribution in [2.45, 2.75) is 0 Å². The summed E-state index contributed by atoms with van der Waals surface area (Å²) >= 11 is 0. The predicted molar refractivity (Wildman–Crippen MR) is 104 cm³/mol. The summed E-state index contributed by atoms with van der Waals surface area (Å²) < 4.78 is 18.1. The minimum Gasteiger partial charge on any atom is -0.497 e. The molecule has 6 heteroatoms. The SMILES string of the molecule is COc1ccc(-c2ccc3nnc(-c4cc(OC)ccc4OC)n3c2)cc1. The second-order valence-corrected chi connectivity index (χ2v) is 5.96. The molecule has 0 aliphatic rings. The molecule has 136 valence electrons. The van der Waals surface area contributed by atoms with Crippen LogP contribution >= 0.6 is 0 Å². The zero-order chi connectivity index (χ0) is 18.8. The number of hydrogen-bond acceptors (Lipinski definition) is 5. The molecular weight excluding hydrogens is 342 g/mol. The summed E-state index contributed by atoms with van der Waals surface area (Å²) in [6, 6.07) is 17.5. The van der Waals surface area contributed by atoms with Crippen molar-refractivity contribution in [3.8, 4) is 39.8 Å². The molecule has 0 saturated carbocycles. The lowest BCUT2D eigenvalue weighted by atomic mass is 10.1. The van der Waals surface area contributed by atoms with Crippen LogP contribution in [0.25, 0.3) is 28.2 Å². The molecule has 0 unspecified atom stereocenters. The molecule has 4 rings (SSSR count). The summed E-state index contributed by atoms with van der Waals surface area (Å²) in [6.07, 6.45) is 2.02. The van der Waals surface area contributed by atoms with Crippen molar-refractivity contribution in [2.24, 2.45) is 0 Å². The van der Waals surface area contributed by atoms with E-state index >= 15 is 0 Å². The fourth-order valence-electron chi connectivity index (χ4n) is 3.02. The highest BCUT2D eigenvalue weighted by molar-refractivity contribution is 5.71. The Morgan fingerprint density at radius 3 is 2.11 bits per heavy atom. The van der Waals surface area contributed by atoms with E-state index in [1.165, 1.54) is 0 Å². The molecule has 4 aromatic rings. The first kappa shape index (κ1) is 16.9. The van der Waals surface area contributed by atoms with Crippen LogP contribution in [-0.4, -0.2) is 35.9 Å². The van der Waals surface area contributed by atoms with E-state index < -0.39 is 0 Å². The van der Waals surface area contributed by atoms with E-state index in [0.29, 0.717) is 11.6 Å². The van der Waals surface area contributed by atoms with Gasteiger partial charge in [-0.15, -0.1) is 10.2 Å². The van der Waals surface area contributed by atoms with Crippen molar-refractivity contribution in [1.82, 2.24) is 14.6 Å². The quantitative estimate of drug-likeness (QED) is 0.536. The Morgan fingerprint density at radius 1 is 0.704 bits per heavy atom. The normalized spacial score (nSPS) is 10.8. The van der Waals surface area contributed by atoms with Gasteiger partial charge in [-0.3, -0.25) is 4.40 Å². The lowest BCUT2D eigenvalue weighted by Gasteiger charge is -2.10. The third-order valence-corrected chi connectivity index (χ3v) is 4.47. The molecule has 0 amide bonds. The number of methoxy groups -OCH3 is 3. The van der Waals surface area contributed by atoms with Gasteiger partial charge in [0.1, 0.15) is 17.2 Å². The van der Waals surface area contributed by atoms with Gasteiger partial charge < -0.3 is 14.2 Å². The van der Waals surface area contributed by atoms with Crippen molar-refractivity contribution < 1.29 is 14.2 Å². The minimum atomic E-state index is 0.691. The molecule has 0 spiro atoms. The predicted octanol–water partition coefficient (Wildman–Crippen LogP) is 4.09. The Morgan fingerprint density at radius 2 is 1.41 bits per heavy atom. The van der Waals surface area contributed by atoms with Crippen LogP contribution in [0.4, 0.5) is 0 Å². The van der Waals surface area contributed by atoms with Crippen LogP contribution < -0.4 is 14.2 Å². The highest BCUT2D eigenvalue weighted by Crippen LogP contribution is 2.33. The van der Waals surface area contributed by atoms with Gasteiger partial charge in [-0.05, 0) is 53.6 Å². The summed E-state index contributed by atoms with van der Waals surface area (Å²) in [5.74, 6) is 2.95. The molecule has 27 heavy (non-hydrogen) atoms. The molecule has 2 aromatic carbocycles. The Hall–Kier alpha value is -3.54. The first-order valence-electron chi connectivity index (χ1n) is 8.45. The number of benzene rings is 2. The Balaban J connectivity index is 1.85. The number of pyridine rings is 1. The number of rotatable bonds is 5. The van der Waals surface area contributed by atoms with Crippen molar-refractivity contribution >= 4 is 5.65 Å². The van der Waals surface area contributed by atoms with Crippen LogP contribution in [0, 0.1) is 0 Å². The molecule has 6 nitrogen and oxygen atoms in total. The molecule has 0 fully saturated rings. The standard InChI is InChI=1S/C21H19N3O3/c1-25-16-7-4-14(5-8-16)15-6-11-20-22-23-21(24(20)13-15)18-12-17(26-2)9-10-19(18)27-3/h4-13H,1-3H3. The molecule has 2 heterocycles. The lowest BCUT2D eigenvalue weighted by Crippen LogP contribution is -1.95. The highest BCUT2D eigenvalue weighted by Gasteiger charge is 2.15. The van der Waals surface area contributed by atoms with Crippen LogP contribution in [0.15, 0.2) is 60.8 Å². The molecule has 0 atom stereocenters. The molecule has 0 aliphatic carbocycles. The Labute approximate surface area is 157 Å². The fourth-order valence-corrected chi connectivity index (χ4v) is 3.02. The average Bonchev–Trinajstić information content (AvgIpc) is 3.16. The van der Waals surface area contributed by atoms with Crippen LogP contribution in [0.1, 0.15) is 0 Å². The maximum atomic E-state index is 5.51. The molecule has 0 aliphatic heterocycles. The number of fused-ring (bicyclic) bond motifs is 1. The van der Waals surface area contributed by atoms with Gasteiger partial charge in [0.25, 0.3) is 0 Å².